The minimum atomic E-state index is -0.786. The average molecular weight is 383 g/mol. The molecule has 8 nitrogen and oxygen atoms in total. The van der Waals surface area contributed by atoms with Crippen molar-refractivity contribution in [2.45, 2.75) is 6.92 Å². The molecule has 3 aromatic rings. The van der Waals surface area contributed by atoms with Crippen LogP contribution in [0.2, 0.25) is 0 Å². The number of rotatable bonds is 3. The summed E-state index contributed by atoms with van der Waals surface area (Å²) in [5.41, 5.74) is 0.316. The summed E-state index contributed by atoms with van der Waals surface area (Å²) in [5.74, 6) is -1.80. The number of pyridine rings is 1. The van der Waals surface area contributed by atoms with Crippen LogP contribution in [0.25, 0.3) is 16.7 Å². The number of H-pyrrole nitrogens is 1. The molecule has 28 heavy (non-hydrogen) atoms. The van der Waals surface area contributed by atoms with Crippen molar-refractivity contribution < 1.29 is 18.8 Å². The number of carbonyl (C=O) groups excluding carboxylic acids is 3. The van der Waals surface area contributed by atoms with E-state index in [-0.39, 0.29) is 29.9 Å². The highest BCUT2D eigenvalue weighted by Crippen LogP contribution is 2.26. The lowest BCUT2D eigenvalue weighted by molar-refractivity contribution is -0.135. The Labute approximate surface area is 159 Å². The summed E-state index contributed by atoms with van der Waals surface area (Å²) in [7, 11) is 0. The van der Waals surface area contributed by atoms with Crippen LogP contribution in [0.4, 0.5) is 4.39 Å². The van der Waals surface area contributed by atoms with Crippen molar-refractivity contribution in [3.05, 3.63) is 48.3 Å². The zero-order valence-electron chi connectivity index (χ0n) is 15.2. The maximum Gasteiger partial charge on any atom is 0.295 e. The van der Waals surface area contributed by atoms with Gasteiger partial charge in [-0.15, -0.1) is 0 Å². The molecule has 0 aromatic carbocycles. The van der Waals surface area contributed by atoms with E-state index in [0.29, 0.717) is 24.4 Å². The highest BCUT2D eigenvalue weighted by atomic mass is 19.1. The number of hydrogen-bond acceptors (Lipinski definition) is 4. The Bertz CT molecular complexity index is 1060. The van der Waals surface area contributed by atoms with Gasteiger partial charge in [0.05, 0.1) is 22.7 Å². The summed E-state index contributed by atoms with van der Waals surface area (Å²) in [6.45, 7) is 2.75. The lowest BCUT2D eigenvalue weighted by Crippen LogP contribution is -2.51. The molecule has 9 heteroatoms. The van der Waals surface area contributed by atoms with Crippen LogP contribution < -0.4 is 0 Å². The predicted molar refractivity (Wildman–Crippen MR) is 98.5 cm³/mol. The summed E-state index contributed by atoms with van der Waals surface area (Å²) in [4.78, 5) is 46.9. The molecule has 1 aliphatic heterocycles. The van der Waals surface area contributed by atoms with Crippen LogP contribution in [0, 0.1) is 5.82 Å². The second kappa shape index (κ2) is 6.91. The van der Waals surface area contributed by atoms with Crippen molar-refractivity contribution in [1.29, 1.82) is 0 Å². The zero-order chi connectivity index (χ0) is 19.8. The third-order valence-electron chi connectivity index (χ3n) is 4.94. The van der Waals surface area contributed by atoms with Crippen LogP contribution in [0.15, 0.2) is 36.9 Å². The molecule has 0 radical (unpaired) electrons. The van der Waals surface area contributed by atoms with E-state index in [1.807, 2.05) is 0 Å². The maximum atomic E-state index is 14.5. The van der Waals surface area contributed by atoms with Crippen LogP contribution in [-0.2, 0) is 9.59 Å². The Morgan fingerprint density at radius 2 is 1.71 bits per heavy atom. The number of aromatic nitrogens is 3. The number of piperazine rings is 1. The Hall–Kier alpha value is -3.49. The van der Waals surface area contributed by atoms with Gasteiger partial charge in [-0.3, -0.25) is 14.4 Å². The number of nitrogens with one attached hydrogen (secondary N) is 1. The molecule has 144 valence electrons. The van der Waals surface area contributed by atoms with Crippen molar-refractivity contribution in [1.82, 2.24) is 24.3 Å². The van der Waals surface area contributed by atoms with Gasteiger partial charge in [0.2, 0.25) is 5.91 Å². The summed E-state index contributed by atoms with van der Waals surface area (Å²) in [5, 5.41) is 0.0411. The molecule has 1 N–H and O–H groups in total. The standard InChI is InChI=1S/C19H18FN5O3/c1-12(26)23-6-8-25(9-7-23)19(28)17(27)13-10-21-16-15(13)14(20)11-22-18(16)24-4-2-3-5-24/h2-5,10-11,21H,6-9H2,1H3. The number of carbonyl (C=O) groups is 3. The van der Waals surface area contributed by atoms with Crippen LogP contribution in [0.5, 0.6) is 0 Å². The van der Waals surface area contributed by atoms with Crippen molar-refractivity contribution in [2.24, 2.45) is 0 Å². The fraction of sp³-hybridized carbons (Fsp3) is 0.263. The van der Waals surface area contributed by atoms with Gasteiger partial charge in [-0.1, -0.05) is 0 Å². The van der Waals surface area contributed by atoms with Gasteiger partial charge in [-0.25, -0.2) is 9.37 Å². The molecule has 1 aliphatic rings. The van der Waals surface area contributed by atoms with E-state index in [0.717, 1.165) is 6.20 Å². The van der Waals surface area contributed by atoms with Gasteiger partial charge in [-0.05, 0) is 12.1 Å². The fourth-order valence-corrected chi connectivity index (χ4v) is 3.43. The van der Waals surface area contributed by atoms with Gasteiger partial charge < -0.3 is 19.4 Å². The molecule has 0 unspecified atom stereocenters. The number of Topliss-reactive ketones (excluding diaryl/α,β-unsaturated/α-hetero) is 1. The second-order valence-electron chi connectivity index (χ2n) is 6.60. The third-order valence-corrected chi connectivity index (χ3v) is 4.94. The zero-order valence-corrected chi connectivity index (χ0v) is 15.2. The first-order valence-electron chi connectivity index (χ1n) is 8.85. The van der Waals surface area contributed by atoms with Gasteiger partial charge in [0.1, 0.15) is 0 Å². The third kappa shape index (κ3) is 2.94. The molecule has 0 atom stereocenters. The van der Waals surface area contributed by atoms with Gasteiger partial charge in [0.15, 0.2) is 11.6 Å². The largest absolute Gasteiger partial charge is 0.357 e. The molecule has 0 aliphatic carbocycles. The maximum absolute atomic E-state index is 14.5. The lowest BCUT2D eigenvalue weighted by Gasteiger charge is -2.33. The molecule has 1 fully saturated rings. The van der Waals surface area contributed by atoms with E-state index in [4.69, 9.17) is 0 Å². The van der Waals surface area contributed by atoms with Crippen molar-refractivity contribution in [3.63, 3.8) is 0 Å². The first-order valence-corrected chi connectivity index (χ1v) is 8.85. The van der Waals surface area contributed by atoms with Gasteiger partial charge >= 0.3 is 0 Å². The quantitative estimate of drug-likeness (QED) is 0.546. The Morgan fingerprint density at radius 1 is 1.07 bits per heavy atom. The lowest BCUT2D eigenvalue weighted by atomic mass is 10.1. The molecule has 0 spiro atoms. The highest BCUT2D eigenvalue weighted by molar-refractivity contribution is 6.45. The average Bonchev–Trinajstić information content (AvgIpc) is 3.38. The molecule has 0 saturated carbocycles. The van der Waals surface area contributed by atoms with Crippen molar-refractivity contribution >= 4 is 28.5 Å². The summed E-state index contributed by atoms with van der Waals surface area (Å²) >= 11 is 0. The SMILES string of the molecule is CC(=O)N1CCN(C(=O)C(=O)c2c[nH]c3c(-n4cccc4)ncc(F)c23)CC1. The van der Waals surface area contributed by atoms with Gasteiger partial charge in [0.25, 0.3) is 11.7 Å². The number of amides is 2. The number of ketones is 1. The Kier molecular flexibility index (Phi) is 4.42. The Morgan fingerprint density at radius 3 is 2.36 bits per heavy atom. The molecule has 0 bridgehead atoms. The first kappa shape index (κ1) is 17.9. The highest BCUT2D eigenvalue weighted by Gasteiger charge is 2.30. The molecular weight excluding hydrogens is 365 g/mol. The Balaban J connectivity index is 1.64. The smallest absolute Gasteiger partial charge is 0.295 e. The van der Waals surface area contributed by atoms with E-state index >= 15 is 0 Å². The van der Waals surface area contributed by atoms with E-state index in [2.05, 4.69) is 9.97 Å². The number of halogens is 1. The molecule has 4 heterocycles. The van der Waals surface area contributed by atoms with E-state index in [9.17, 15) is 18.8 Å². The van der Waals surface area contributed by atoms with Crippen LogP contribution in [0.3, 0.4) is 0 Å². The normalized spacial score (nSPS) is 14.5. The molecule has 3 aromatic heterocycles. The minimum Gasteiger partial charge on any atom is -0.357 e. The summed E-state index contributed by atoms with van der Waals surface area (Å²) in [6.07, 6.45) is 5.89. The number of fused-ring (bicyclic) bond motifs is 1. The molecule has 1 saturated heterocycles. The minimum absolute atomic E-state index is 0.0256. The van der Waals surface area contributed by atoms with E-state index < -0.39 is 17.5 Å². The van der Waals surface area contributed by atoms with E-state index in [1.165, 1.54) is 18.0 Å². The number of nitrogens with zero attached hydrogens (tertiary/aromatic N) is 4. The topological polar surface area (TPSA) is 91.3 Å². The van der Waals surface area contributed by atoms with Crippen molar-refractivity contribution in [2.75, 3.05) is 26.2 Å². The second-order valence-corrected chi connectivity index (χ2v) is 6.60. The van der Waals surface area contributed by atoms with Crippen LogP contribution >= 0.6 is 0 Å². The van der Waals surface area contributed by atoms with E-state index in [1.54, 1.807) is 34.0 Å². The monoisotopic (exact) mass is 383 g/mol. The van der Waals surface area contributed by atoms with Crippen LogP contribution in [0.1, 0.15) is 17.3 Å². The molecular formula is C19H18FN5O3. The van der Waals surface area contributed by atoms with Crippen LogP contribution in [-0.4, -0.2) is 68.1 Å². The van der Waals surface area contributed by atoms with Gasteiger partial charge in [0, 0.05) is 51.7 Å². The summed E-state index contributed by atoms with van der Waals surface area (Å²) < 4.78 is 16.2. The molecule has 4 rings (SSSR count). The number of hydrogen-bond donors (Lipinski definition) is 1. The van der Waals surface area contributed by atoms with Crippen molar-refractivity contribution in [3.8, 4) is 5.82 Å². The first-order chi connectivity index (χ1) is 13.5. The number of aromatic amines is 1. The predicted octanol–water partition coefficient (Wildman–Crippen LogP) is 1.37. The molecule has 2 amide bonds. The van der Waals surface area contributed by atoms with Gasteiger partial charge in [-0.2, -0.15) is 0 Å². The summed E-state index contributed by atoms with van der Waals surface area (Å²) in [6, 6.07) is 3.60. The fourth-order valence-electron chi connectivity index (χ4n) is 3.43.